The molecule has 15 aromatic rings. The molecule has 0 N–H and O–H groups in total. The number of hydrogen-bond acceptors (Lipinski definition) is 0. The van der Waals surface area contributed by atoms with Crippen molar-refractivity contribution in [2.75, 3.05) is 0 Å². The SMILES string of the molecule is CCCCc1cc2c(cc1C)C(C)(c1ccc(C)cc1)c1cc(C)c(CCCC)cc1-2.CCCCc1cc2c(cc1C)C(C)(c1cccc(C)c1)c1cc(C)c(CCCC)cc1-2.CCc1cc2c(cc1C)C(C)(c1cccc(C)c1)c1cc(C)c(CC)cc1-2.Cc1ccc(C2(C)c3cc(C)c(C)cc3-c3cc(C)c(C)cc32)cc1.Cc1cccc(C2(C)c3cc(C)ccc3-c3cc(C)c(C)cc32)c1. The third-order valence-electron chi connectivity index (χ3n) is 33.8. The summed E-state index contributed by atoms with van der Waals surface area (Å²) >= 11 is 0. The van der Waals surface area contributed by atoms with Gasteiger partial charge < -0.3 is 0 Å². The van der Waals surface area contributed by atoms with Crippen molar-refractivity contribution in [3.05, 3.63) is 466 Å². The molecular formula is C138H156. The van der Waals surface area contributed by atoms with Crippen LogP contribution < -0.4 is 0 Å². The lowest BCUT2D eigenvalue weighted by atomic mass is 9.73. The van der Waals surface area contributed by atoms with Crippen LogP contribution in [0.1, 0.15) is 345 Å². The van der Waals surface area contributed by atoms with Gasteiger partial charge in [0.25, 0.3) is 0 Å². The van der Waals surface area contributed by atoms with Gasteiger partial charge in [-0.15, -0.1) is 0 Å². The highest BCUT2D eigenvalue weighted by Crippen LogP contribution is 2.60. The van der Waals surface area contributed by atoms with Crippen molar-refractivity contribution in [3.8, 4) is 55.6 Å². The Balaban J connectivity index is 0.000000125. The maximum Gasteiger partial charge on any atom is 0.0435 e. The van der Waals surface area contributed by atoms with E-state index >= 15 is 0 Å². The van der Waals surface area contributed by atoms with Crippen LogP contribution in [0.3, 0.4) is 0 Å². The second kappa shape index (κ2) is 39.9. The smallest absolute Gasteiger partial charge is 0.0435 e. The van der Waals surface area contributed by atoms with Gasteiger partial charge in [0.1, 0.15) is 0 Å². The lowest BCUT2D eigenvalue weighted by Gasteiger charge is -2.29. The maximum absolute atomic E-state index is 2.53. The van der Waals surface area contributed by atoms with Gasteiger partial charge in [0, 0.05) is 27.1 Å². The van der Waals surface area contributed by atoms with E-state index < -0.39 is 0 Å². The molecule has 0 heterocycles. The van der Waals surface area contributed by atoms with Crippen LogP contribution in [0, 0.1) is 125 Å². The van der Waals surface area contributed by atoms with Crippen LogP contribution in [0.25, 0.3) is 55.6 Å². The number of hydrogen-bond donors (Lipinski definition) is 0. The van der Waals surface area contributed by atoms with E-state index in [4.69, 9.17) is 0 Å². The monoisotopic (exact) mass is 1810 g/mol. The van der Waals surface area contributed by atoms with Crippen molar-refractivity contribution < 1.29 is 0 Å². The Bertz CT molecular complexity index is 6910. The van der Waals surface area contributed by atoms with E-state index in [9.17, 15) is 0 Å². The second-order valence-corrected chi connectivity index (χ2v) is 43.5. The van der Waals surface area contributed by atoms with E-state index in [1.807, 2.05) is 0 Å². The van der Waals surface area contributed by atoms with Crippen molar-refractivity contribution in [2.45, 2.75) is 318 Å². The largest absolute Gasteiger partial charge is 0.0654 e. The fourth-order valence-electron chi connectivity index (χ4n) is 24.2. The highest BCUT2D eigenvalue weighted by Gasteiger charge is 2.48. The van der Waals surface area contributed by atoms with Crippen molar-refractivity contribution in [2.24, 2.45) is 0 Å². The van der Waals surface area contributed by atoms with Crippen LogP contribution in [-0.4, -0.2) is 0 Å². The molecule has 138 heavy (non-hydrogen) atoms. The summed E-state index contributed by atoms with van der Waals surface area (Å²) in [6.07, 6.45) is 16.9. The lowest BCUT2D eigenvalue weighted by Crippen LogP contribution is -2.23. The predicted octanol–water partition coefficient (Wildman–Crippen LogP) is 37.2. The van der Waals surface area contributed by atoms with Gasteiger partial charge in [-0.1, -0.05) is 349 Å². The van der Waals surface area contributed by atoms with E-state index in [0.717, 1.165) is 12.8 Å². The number of aryl methyl sites for hydroxylation is 24. The fraction of sp³-hybridized carbons (Fsp3) is 0.348. The summed E-state index contributed by atoms with van der Waals surface area (Å²) in [4.78, 5) is 0. The summed E-state index contributed by atoms with van der Waals surface area (Å²) in [5.41, 5.74) is 69.3. The molecule has 1 unspecified atom stereocenters. The third kappa shape index (κ3) is 17.9. The van der Waals surface area contributed by atoms with Crippen molar-refractivity contribution in [1.82, 2.24) is 0 Å². The van der Waals surface area contributed by atoms with Gasteiger partial charge in [-0.2, -0.15) is 0 Å². The van der Waals surface area contributed by atoms with Crippen LogP contribution >= 0.6 is 0 Å². The molecule has 0 spiro atoms. The molecule has 0 aliphatic heterocycles. The Morgan fingerprint density at radius 3 is 0.601 bits per heavy atom. The molecule has 0 amide bonds. The minimum Gasteiger partial charge on any atom is -0.0654 e. The summed E-state index contributed by atoms with van der Waals surface area (Å²) in [5, 5.41) is 0. The van der Waals surface area contributed by atoms with Crippen LogP contribution in [0.5, 0.6) is 0 Å². The first-order chi connectivity index (χ1) is 65.9. The molecule has 20 rings (SSSR count). The summed E-state index contributed by atoms with van der Waals surface area (Å²) in [7, 11) is 0. The average Bonchev–Trinajstić information content (AvgIpc) is 1.56. The molecule has 0 fully saturated rings. The Morgan fingerprint density at radius 1 is 0.159 bits per heavy atom. The van der Waals surface area contributed by atoms with Gasteiger partial charge in [-0.3, -0.25) is 0 Å². The topological polar surface area (TPSA) is 0 Å². The van der Waals surface area contributed by atoms with Crippen LogP contribution in [0.4, 0.5) is 0 Å². The first-order valence-electron chi connectivity index (χ1n) is 52.6. The molecule has 1 atom stereocenters. The third-order valence-corrected chi connectivity index (χ3v) is 33.8. The Morgan fingerprint density at radius 2 is 0.355 bits per heavy atom. The Kier molecular flexibility index (Phi) is 28.7. The van der Waals surface area contributed by atoms with E-state index in [0.29, 0.717) is 0 Å². The first-order valence-corrected chi connectivity index (χ1v) is 52.6. The quantitative estimate of drug-likeness (QED) is 0.0757. The molecule has 0 nitrogen and oxygen atoms in total. The molecular weight excluding hydrogens is 1660 g/mol. The molecule has 0 bridgehead atoms. The normalized spacial score (nSPS) is 14.8. The molecule has 15 aromatic carbocycles. The van der Waals surface area contributed by atoms with Crippen LogP contribution in [0.2, 0.25) is 0 Å². The van der Waals surface area contributed by atoms with E-state index in [-0.39, 0.29) is 27.1 Å². The molecule has 5 aliphatic rings. The highest BCUT2D eigenvalue weighted by molar-refractivity contribution is 5.90. The molecule has 0 saturated heterocycles. The number of benzene rings is 15. The first kappa shape index (κ1) is 99.3. The zero-order chi connectivity index (χ0) is 98.7. The van der Waals surface area contributed by atoms with Gasteiger partial charge in [0.15, 0.2) is 0 Å². The predicted molar refractivity (Wildman–Crippen MR) is 598 cm³/mol. The number of fused-ring (bicyclic) bond motifs is 15. The molecule has 0 aromatic heterocycles. The minimum atomic E-state index is -0.0984. The maximum atomic E-state index is 2.53. The summed E-state index contributed by atoms with van der Waals surface area (Å²) in [6, 6.07) is 96.7. The van der Waals surface area contributed by atoms with Crippen molar-refractivity contribution in [1.29, 1.82) is 0 Å². The molecule has 0 radical (unpaired) electrons. The lowest BCUT2D eigenvalue weighted by molar-refractivity contribution is 0.708. The molecule has 708 valence electrons. The van der Waals surface area contributed by atoms with Crippen LogP contribution in [0.15, 0.2) is 249 Å². The number of unbranched alkanes of at least 4 members (excludes halogenated alkanes) is 4. The highest BCUT2D eigenvalue weighted by atomic mass is 14.5. The average molecular weight is 1810 g/mol. The number of rotatable bonds is 19. The van der Waals surface area contributed by atoms with E-state index in [1.54, 1.807) is 0 Å². The standard InChI is InChI=1S/2C31H38.C27H30.C25H26.C24H24/c1-7-9-13-24-19-27-28-20-25(14-10-8-2)23(5)18-30(28)31(6,29(27)17-22(24)4)26-15-11-12-21(3)16-26;1-7-9-11-24-19-27-28-20-25(12-10-8-2)23(5)18-30(28)31(6,29(27)17-22(24)4)26-15-13-21(3)14-16-26;1-7-20-15-23-24-16-21(8-2)19(5)14-26(24)27(6,25(23)13-18(20)4)22-11-9-10-17(3)12-22;1-15-7-9-20(10-8-15)25(6)23-13-18(4)16(2)11-21(23)22-12-17(3)19(5)14-24(22)25;1-15-7-6-8-19(11-15)24(5)22-12-16(2)9-10-20(22)21-13-17(3)18(4)14-23(21)24/h11-12,15-20H,7-10,13-14H2,1-6H3;13-20H,7-12H2,1-6H3;9-16H,7-8H2,1-6H3;7-14H,1-6H3;6-14H,1-5H3. The van der Waals surface area contributed by atoms with Gasteiger partial charge in [0.05, 0.1) is 0 Å². The summed E-state index contributed by atoms with van der Waals surface area (Å²) in [5.74, 6) is 0. The van der Waals surface area contributed by atoms with Crippen molar-refractivity contribution >= 4 is 0 Å². The van der Waals surface area contributed by atoms with E-state index in [1.165, 1.54) is 350 Å². The summed E-state index contributed by atoms with van der Waals surface area (Å²) < 4.78 is 0. The van der Waals surface area contributed by atoms with Gasteiger partial charge in [0.2, 0.25) is 0 Å². The van der Waals surface area contributed by atoms with Gasteiger partial charge in [-0.05, 0) is 463 Å². The molecule has 0 heteroatoms. The van der Waals surface area contributed by atoms with Gasteiger partial charge in [-0.25, -0.2) is 0 Å². The molecule has 0 saturated carbocycles. The zero-order valence-corrected chi connectivity index (χ0v) is 89.6. The van der Waals surface area contributed by atoms with Gasteiger partial charge >= 0.3 is 0 Å². The Labute approximate surface area is 833 Å². The molecule has 5 aliphatic carbocycles. The van der Waals surface area contributed by atoms with Crippen LogP contribution in [-0.2, 0) is 65.6 Å². The fourth-order valence-corrected chi connectivity index (χ4v) is 24.2. The minimum absolute atomic E-state index is 0.0822. The summed E-state index contributed by atoms with van der Waals surface area (Å²) in [6.45, 7) is 66.0. The van der Waals surface area contributed by atoms with E-state index in [2.05, 4.69) is 450 Å². The van der Waals surface area contributed by atoms with Crippen molar-refractivity contribution in [3.63, 3.8) is 0 Å². The zero-order valence-electron chi connectivity index (χ0n) is 89.6. The second-order valence-electron chi connectivity index (χ2n) is 43.5. The Hall–Kier alpha value is -11.7.